The number of carbonyl (C=O) groups is 1. The third kappa shape index (κ3) is 3.53. The van der Waals surface area contributed by atoms with E-state index >= 15 is 0 Å². The summed E-state index contributed by atoms with van der Waals surface area (Å²) in [6, 6.07) is 6.67. The fraction of sp³-hybridized carbons (Fsp3) is 0.562. The zero-order chi connectivity index (χ0) is 13.2. The molecule has 1 aromatic carbocycles. The van der Waals surface area contributed by atoms with E-state index in [1.54, 1.807) is 0 Å². The predicted molar refractivity (Wildman–Crippen MR) is 83.1 cm³/mol. The van der Waals surface area contributed by atoms with E-state index in [1.165, 1.54) is 36.8 Å². The number of aryl methyl sites for hydroxylation is 2. The Bertz CT molecular complexity index is 485. The quantitative estimate of drug-likeness (QED) is 0.873. The first-order chi connectivity index (χ1) is 9.26. The standard InChI is InChI=1S/C16H22N2O.ClH/c17-10-15(13-6-7-13)18-16(19)9-11-4-5-12-2-1-3-14(12)8-11;/h4-5,8,13,15H,1-3,6-7,9-10,17H2,(H,18,19);1H. The van der Waals surface area contributed by atoms with Gasteiger partial charge in [-0.05, 0) is 54.7 Å². The van der Waals surface area contributed by atoms with Crippen molar-refractivity contribution in [3.8, 4) is 0 Å². The summed E-state index contributed by atoms with van der Waals surface area (Å²) in [5, 5.41) is 3.08. The molecule has 1 fully saturated rings. The lowest BCUT2D eigenvalue weighted by atomic mass is 10.0. The number of hydrogen-bond donors (Lipinski definition) is 2. The highest BCUT2D eigenvalue weighted by atomic mass is 35.5. The zero-order valence-electron chi connectivity index (χ0n) is 11.7. The first-order valence-electron chi connectivity index (χ1n) is 7.36. The van der Waals surface area contributed by atoms with Crippen molar-refractivity contribution in [1.29, 1.82) is 0 Å². The van der Waals surface area contributed by atoms with Crippen molar-refractivity contribution in [2.75, 3.05) is 6.54 Å². The maximum atomic E-state index is 12.0. The van der Waals surface area contributed by atoms with Gasteiger partial charge in [-0.1, -0.05) is 18.2 Å². The number of fused-ring (bicyclic) bond motifs is 1. The highest BCUT2D eigenvalue weighted by Gasteiger charge is 2.31. The van der Waals surface area contributed by atoms with E-state index in [1.807, 2.05) is 0 Å². The second kappa shape index (κ2) is 6.59. The van der Waals surface area contributed by atoms with Gasteiger partial charge in [0.1, 0.15) is 0 Å². The Hall–Kier alpha value is -1.06. The number of hydrogen-bond acceptors (Lipinski definition) is 2. The van der Waals surface area contributed by atoms with E-state index in [4.69, 9.17) is 5.73 Å². The van der Waals surface area contributed by atoms with Crippen LogP contribution in [0.2, 0.25) is 0 Å². The lowest BCUT2D eigenvalue weighted by molar-refractivity contribution is -0.121. The van der Waals surface area contributed by atoms with Crippen LogP contribution in [0.25, 0.3) is 0 Å². The molecule has 110 valence electrons. The van der Waals surface area contributed by atoms with Crippen molar-refractivity contribution in [3.05, 3.63) is 34.9 Å². The van der Waals surface area contributed by atoms with Crippen LogP contribution < -0.4 is 11.1 Å². The fourth-order valence-corrected chi connectivity index (χ4v) is 3.05. The van der Waals surface area contributed by atoms with Gasteiger partial charge in [0.2, 0.25) is 5.91 Å². The van der Waals surface area contributed by atoms with Crippen LogP contribution in [-0.2, 0) is 24.1 Å². The van der Waals surface area contributed by atoms with Gasteiger partial charge in [0.15, 0.2) is 0 Å². The topological polar surface area (TPSA) is 55.1 Å². The monoisotopic (exact) mass is 294 g/mol. The minimum Gasteiger partial charge on any atom is -0.352 e. The summed E-state index contributed by atoms with van der Waals surface area (Å²) >= 11 is 0. The summed E-state index contributed by atoms with van der Waals surface area (Å²) in [5.74, 6) is 0.731. The van der Waals surface area contributed by atoms with Gasteiger partial charge < -0.3 is 11.1 Å². The minimum absolute atomic E-state index is 0. The number of nitrogens with two attached hydrogens (primary N) is 1. The Labute approximate surface area is 126 Å². The molecule has 1 aromatic rings. The van der Waals surface area contributed by atoms with Crippen LogP contribution in [0.15, 0.2) is 18.2 Å². The number of nitrogens with one attached hydrogen (secondary N) is 1. The molecule has 3 rings (SSSR count). The molecule has 3 nitrogen and oxygen atoms in total. The highest BCUT2D eigenvalue weighted by Crippen LogP contribution is 2.32. The molecule has 1 unspecified atom stereocenters. The molecule has 2 aliphatic rings. The summed E-state index contributed by atoms with van der Waals surface area (Å²) in [6.45, 7) is 0.556. The summed E-state index contributed by atoms with van der Waals surface area (Å²) in [6.07, 6.45) is 6.51. The summed E-state index contributed by atoms with van der Waals surface area (Å²) in [7, 11) is 0. The van der Waals surface area contributed by atoms with Gasteiger partial charge in [0.25, 0.3) is 0 Å². The normalized spacial score (nSPS) is 18.1. The van der Waals surface area contributed by atoms with Crippen LogP contribution >= 0.6 is 12.4 Å². The molecular weight excluding hydrogens is 272 g/mol. The molecule has 0 radical (unpaired) electrons. The first-order valence-corrected chi connectivity index (χ1v) is 7.36. The molecule has 4 heteroatoms. The van der Waals surface area contributed by atoms with Gasteiger partial charge in [-0.15, -0.1) is 12.4 Å². The van der Waals surface area contributed by atoms with E-state index in [-0.39, 0.29) is 24.4 Å². The molecule has 3 N–H and O–H groups in total. The van der Waals surface area contributed by atoms with Gasteiger partial charge in [0, 0.05) is 12.6 Å². The van der Waals surface area contributed by atoms with E-state index in [0.29, 0.717) is 18.9 Å². The molecule has 1 atom stereocenters. The van der Waals surface area contributed by atoms with Gasteiger partial charge in [-0.3, -0.25) is 4.79 Å². The predicted octanol–water partition coefficient (Wildman–Crippen LogP) is 1.99. The van der Waals surface area contributed by atoms with Crippen LogP contribution in [0.4, 0.5) is 0 Å². The molecule has 1 saturated carbocycles. The smallest absolute Gasteiger partial charge is 0.224 e. The molecule has 0 saturated heterocycles. The van der Waals surface area contributed by atoms with Gasteiger partial charge in [0.05, 0.1) is 6.42 Å². The number of halogens is 1. The van der Waals surface area contributed by atoms with Crippen molar-refractivity contribution in [1.82, 2.24) is 5.32 Å². The molecule has 2 aliphatic carbocycles. The molecule has 0 bridgehead atoms. The highest BCUT2D eigenvalue weighted by molar-refractivity contribution is 5.85. The van der Waals surface area contributed by atoms with Gasteiger partial charge in [-0.25, -0.2) is 0 Å². The zero-order valence-corrected chi connectivity index (χ0v) is 12.5. The third-order valence-corrected chi connectivity index (χ3v) is 4.32. The number of rotatable bonds is 5. The summed E-state index contributed by atoms with van der Waals surface area (Å²) < 4.78 is 0. The molecule has 0 spiro atoms. The fourth-order valence-electron chi connectivity index (χ4n) is 3.05. The minimum atomic E-state index is 0. The lowest BCUT2D eigenvalue weighted by Gasteiger charge is -2.16. The average Bonchev–Trinajstić information content (AvgIpc) is 3.14. The van der Waals surface area contributed by atoms with Crippen molar-refractivity contribution >= 4 is 18.3 Å². The third-order valence-electron chi connectivity index (χ3n) is 4.32. The Morgan fingerprint density at radius 1 is 1.30 bits per heavy atom. The summed E-state index contributed by atoms with van der Waals surface area (Å²) in [4.78, 5) is 12.0. The van der Waals surface area contributed by atoms with E-state index in [9.17, 15) is 4.79 Å². The van der Waals surface area contributed by atoms with Crippen molar-refractivity contribution in [2.24, 2.45) is 11.7 Å². The Balaban J connectivity index is 0.00000147. The van der Waals surface area contributed by atoms with Crippen LogP contribution in [0.5, 0.6) is 0 Å². The largest absolute Gasteiger partial charge is 0.352 e. The van der Waals surface area contributed by atoms with Crippen LogP contribution in [0.1, 0.15) is 36.0 Å². The first kappa shape index (κ1) is 15.3. The summed E-state index contributed by atoms with van der Waals surface area (Å²) in [5.41, 5.74) is 9.74. The molecule has 0 aromatic heterocycles. The molecule has 0 heterocycles. The van der Waals surface area contributed by atoms with Crippen molar-refractivity contribution < 1.29 is 4.79 Å². The van der Waals surface area contributed by atoms with E-state index in [0.717, 1.165) is 12.0 Å². The molecule has 1 amide bonds. The number of benzene rings is 1. The second-order valence-corrected chi connectivity index (χ2v) is 5.88. The Morgan fingerprint density at radius 2 is 2.05 bits per heavy atom. The molecular formula is C16H23ClN2O. The van der Waals surface area contributed by atoms with Crippen LogP contribution in [0.3, 0.4) is 0 Å². The van der Waals surface area contributed by atoms with Gasteiger partial charge >= 0.3 is 0 Å². The van der Waals surface area contributed by atoms with Crippen LogP contribution in [0, 0.1) is 5.92 Å². The van der Waals surface area contributed by atoms with Crippen molar-refractivity contribution in [2.45, 2.75) is 44.6 Å². The maximum absolute atomic E-state index is 12.0. The van der Waals surface area contributed by atoms with E-state index < -0.39 is 0 Å². The van der Waals surface area contributed by atoms with Crippen molar-refractivity contribution in [3.63, 3.8) is 0 Å². The molecule has 0 aliphatic heterocycles. The number of amides is 1. The maximum Gasteiger partial charge on any atom is 0.224 e. The van der Waals surface area contributed by atoms with Crippen LogP contribution in [-0.4, -0.2) is 18.5 Å². The Morgan fingerprint density at radius 3 is 2.75 bits per heavy atom. The van der Waals surface area contributed by atoms with E-state index in [2.05, 4.69) is 23.5 Å². The Kier molecular flexibility index (Phi) is 5.06. The molecule has 20 heavy (non-hydrogen) atoms. The SMILES string of the molecule is Cl.NCC(NC(=O)Cc1ccc2c(c1)CCC2)C1CC1. The lowest BCUT2D eigenvalue weighted by Crippen LogP contribution is -2.42. The second-order valence-electron chi connectivity index (χ2n) is 5.88. The average molecular weight is 295 g/mol. The van der Waals surface area contributed by atoms with Gasteiger partial charge in [-0.2, -0.15) is 0 Å². The number of carbonyl (C=O) groups excluding carboxylic acids is 1.